The number of aliphatic hydroxyl groups excluding tert-OH is 2. The second kappa shape index (κ2) is 5.54. The maximum absolute atomic E-state index is 9.46. The number of methoxy groups -OCH3 is 1. The van der Waals surface area contributed by atoms with Crippen LogP contribution in [-0.4, -0.2) is 48.7 Å². The third-order valence-electron chi connectivity index (χ3n) is 2.45. The third kappa shape index (κ3) is 3.60. The van der Waals surface area contributed by atoms with E-state index in [0.717, 1.165) is 19.3 Å². The highest BCUT2D eigenvalue weighted by Crippen LogP contribution is 2.18. The first kappa shape index (κ1) is 10.9. The van der Waals surface area contributed by atoms with Gasteiger partial charge in [0.05, 0.1) is 18.8 Å². The molecule has 0 aromatic heterocycles. The molecule has 13 heavy (non-hydrogen) atoms. The van der Waals surface area contributed by atoms with E-state index < -0.39 is 6.10 Å². The predicted molar refractivity (Wildman–Crippen MR) is 49.5 cm³/mol. The topological polar surface area (TPSA) is 61.7 Å². The van der Waals surface area contributed by atoms with Crippen molar-refractivity contribution >= 4 is 0 Å². The Morgan fingerprint density at radius 3 is 2.85 bits per heavy atom. The molecule has 0 aliphatic heterocycles. The minimum absolute atomic E-state index is 0.159. The Balaban J connectivity index is 2.10. The summed E-state index contributed by atoms with van der Waals surface area (Å²) in [5, 5.41) is 21.9. The molecule has 0 bridgehead atoms. The van der Waals surface area contributed by atoms with Gasteiger partial charge in [-0.25, -0.2) is 0 Å². The molecule has 0 spiro atoms. The van der Waals surface area contributed by atoms with Crippen molar-refractivity contribution in [1.82, 2.24) is 5.32 Å². The van der Waals surface area contributed by atoms with Crippen LogP contribution in [0.15, 0.2) is 0 Å². The third-order valence-corrected chi connectivity index (χ3v) is 2.45. The number of hydrogen-bond donors (Lipinski definition) is 3. The second-order valence-corrected chi connectivity index (χ2v) is 3.62. The first-order chi connectivity index (χ1) is 6.24. The van der Waals surface area contributed by atoms with Crippen LogP contribution in [0.5, 0.6) is 0 Å². The van der Waals surface area contributed by atoms with Crippen molar-refractivity contribution in [2.75, 3.05) is 20.3 Å². The fourth-order valence-electron chi connectivity index (χ4n) is 1.72. The highest BCUT2D eigenvalue weighted by atomic mass is 16.5. The van der Waals surface area contributed by atoms with E-state index in [1.807, 2.05) is 0 Å². The molecule has 1 unspecified atom stereocenters. The Morgan fingerprint density at radius 2 is 2.31 bits per heavy atom. The van der Waals surface area contributed by atoms with Gasteiger partial charge in [0.15, 0.2) is 0 Å². The predicted octanol–water partition coefficient (Wildman–Crippen LogP) is -0.503. The summed E-state index contributed by atoms with van der Waals surface area (Å²) in [6.45, 7) is 0.839. The minimum Gasteiger partial charge on any atom is -0.392 e. The van der Waals surface area contributed by atoms with E-state index in [2.05, 4.69) is 5.32 Å². The van der Waals surface area contributed by atoms with Crippen LogP contribution < -0.4 is 5.32 Å². The number of hydrogen-bond acceptors (Lipinski definition) is 4. The van der Waals surface area contributed by atoms with Crippen molar-refractivity contribution in [2.24, 2.45) is 0 Å². The Hall–Kier alpha value is -0.160. The molecule has 3 N–H and O–H groups in total. The summed E-state index contributed by atoms with van der Waals surface area (Å²) in [6.07, 6.45) is 2.23. The molecule has 0 saturated heterocycles. The van der Waals surface area contributed by atoms with E-state index in [-0.39, 0.29) is 12.1 Å². The Labute approximate surface area is 78.9 Å². The van der Waals surface area contributed by atoms with Crippen molar-refractivity contribution in [3.63, 3.8) is 0 Å². The highest BCUT2D eigenvalue weighted by molar-refractivity contribution is 4.83. The summed E-state index contributed by atoms with van der Waals surface area (Å²) < 4.78 is 4.79. The molecule has 1 aliphatic rings. The average molecular weight is 189 g/mol. The quantitative estimate of drug-likeness (QED) is 0.545. The monoisotopic (exact) mass is 189 g/mol. The molecule has 1 saturated carbocycles. The van der Waals surface area contributed by atoms with E-state index in [1.54, 1.807) is 7.11 Å². The normalized spacial score (nSPS) is 30.7. The van der Waals surface area contributed by atoms with Crippen molar-refractivity contribution in [1.29, 1.82) is 0 Å². The molecular formula is C9H19NO3. The summed E-state index contributed by atoms with van der Waals surface area (Å²) in [7, 11) is 1.56. The molecule has 3 atom stereocenters. The lowest BCUT2D eigenvalue weighted by molar-refractivity contribution is 0.0576. The van der Waals surface area contributed by atoms with Gasteiger partial charge < -0.3 is 20.3 Å². The van der Waals surface area contributed by atoms with Gasteiger partial charge in [-0.15, -0.1) is 0 Å². The maximum Gasteiger partial charge on any atom is 0.0897 e. The van der Waals surface area contributed by atoms with Gasteiger partial charge in [-0.1, -0.05) is 0 Å². The van der Waals surface area contributed by atoms with Gasteiger partial charge >= 0.3 is 0 Å². The van der Waals surface area contributed by atoms with E-state index in [0.29, 0.717) is 13.2 Å². The lowest BCUT2D eigenvalue weighted by atomic mass is 10.2. The van der Waals surface area contributed by atoms with Crippen LogP contribution in [0.25, 0.3) is 0 Å². The number of aliphatic hydroxyl groups is 2. The van der Waals surface area contributed by atoms with Crippen LogP contribution >= 0.6 is 0 Å². The zero-order valence-electron chi connectivity index (χ0n) is 8.07. The maximum atomic E-state index is 9.46. The van der Waals surface area contributed by atoms with E-state index in [1.165, 1.54) is 0 Å². The Bertz CT molecular complexity index is 143. The van der Waals surface area contributed by atoms with E-state index in [9.17, 15) is 10.2 Å². The molecule has 0 heterocycles. The Kier molecular flexibility index (Phi) is 4.66. The fraction of sp³-hybridized carbons (Fsp3) is 1.00. The lowest BCUT2D eigenvalue weighted by Gasteiger charge is -2.18. The Morgan fingerprint density at radius 1 is 1.54 bits per heavy atom. The molecule has 0 amide bonds. The van der Waals surface area contributed by atoms with Gasteiger partial charge in [0.25, 0.3) is 0 Å². The van der Waals surface area contributed by atoms with Crippen LogP contribution in [0.4, 0.5) is 0 Å². The molecule has 0 radical (unpaired) electrons. The van der Waals surface area contributed by atoms with Crippen LogP contribution in [0.2, 0.25) is 0 Å². The van der Waals surface area contributed by atoms with Gasteiger partial charge in [0.2, 0.25) is 0 Å². The summed E-state index contributed by atoms with van der Waals surface area (Å²) in [5.74, 6) is 0. The molecule has 4 nitrogen and oxygen atoms in total. The summed E-state index contributed by atoms with van der Waals surface area (Å²) >= 11 is 0. The van der Waals surface area contributed by atoms with Crippen LogP contribution in [-0.2, 0) is 4.74 Å². The molecule has 0 aromatic carbocycles. The van der Waals surface area contributed by atoms with Gasteiger partial charge in [-0.05, 0) is 19.3 Å². The number of nitrogens with one attached hydrogen (secondary N) is 1. The summed E-state index contributed by atoms with van der Waals surface area (Å²) in [4.78, 5) is 0. The minimum atomic E-state index is -0.474. The molecule has 1 aliphatic carbocycles. The SMILES string of the molecule is COCC(O)CN[C@@H]1CCC[C@H]1O. The first-order valence-electron chi connectivity index (χ1n) is 4.82. The van der Waals surface area contributed by atoms with Crippen LogP contribution in [0.3, 0.4) is 0 Å². The molecular weight excluding hydrogens is 170 g/mol. The van der Waals surface area contributed by atoms with Crippen molar-refractivity contribution in [3.8, 4) is 0 Å². The van der Waals surface area contributed by atoms with Gasteiger partial charge in [0, 0.05) is 19.7 Å². The average Bonchev–Trinajstić information content (AvgIpc) is 2.48. The first-order valence-corrected chi connectivity index (χ1v) is 4.82. The van der Waals surface area contributed by atoms with Crippen molar-refractivity contribution < 1.29 is 14.9 Å². The number of ether oxygens (including phenoxy) is 1. The zero-order chi connectivity index (χ0) is 9.68. The number of rotatable bonds is 5. The fourth-order valence-corrected chi connectivity index (χ4v) is 1.72. The van der Waals surface area contributed by atoms with E-state index >= 15 is 0 Å². The summed E-state index contributed by atoms with van der Waals surface area (Å²) in [5.41, 5.74) is 0. The molecule has 1 rings (SSSR count). The largest absolute Gasteiger partial charge is 0.392 e. The van der Waals surface area contributed by atoms with Crippen LogP contribution in [0, 0.1) is 0 Å². The zero-order valence-corrected chi connectivity index (χ0v) is 8.07. The smallest absolute Gasteiger partial charge is 0.0897 e. The van der Waals surface area contributed by atoms with E-state index in [4.69, 9.17) is 4.74 Å². The van der Waals surface area contributed by atoms with Crippen LogP contribution in [0.1, 0.15) is 19.3 Å². The molecule has 0 aromatic rings. The van der Waals surface area contributed by atoms with Crippen molar-refractivity contribution in [3.05, 3.63) is 0 Å². The standard InChI is InChI=1S/C9H19NO3/c1-13-6-7(11)5-10-8-3-2-4-9(8)12/h7-12H,2-6H2,1H3/t7?,8-,9-/m1/s1. The van der Waals surface area contributed by atoms with Crippen molar-refractivity contribution in [2.45, 2.75) is 37.5 Å². The van der Waals surface area contributed by atoms with Gasteiger partial charge in [0.1, 0.15) is 0 Å². The highest BCUT2D eigenvalue weighted by Gasteiger charge is 2.24. The second-order valence-electron chi connectivity index (χ2n) is 3.62. The lowest BCUT2D eigenvalue weighted by Crippen LogP contribution is -2.41. The van der Waals surface area contributed by atoms with Gasteiger partial charge in [-0.2, -0.15) is 0 Å². The molecule has 1 fully saturated rings. The molecule has 4 heteroatoms. The summed E-state index contributed by atoms with van der Waals surface area (Å²) in [6, 6.07) is 0.159. The van der Waals surface area contributed by atoms with Gasteiger partial charge in [-0.3, -0.25) is 0 Å². The molecule has 78 valence electrons.